The minimum atomic E-state index is -0.805. The summed E-state index contributed by atoms with van der Waals surface area (Å²) in [4.78, 5) is 197. The van der Waals surface area contributed by atoms with Crippen LogP contribution in [-0.4, -0.2) is 308 Å². The smallest absolute Gasteiger partial charge is 0.332 e. The molecule has 0 unspecified atom stereocenters. The number of aliphatic hydroxyl groups is 4. The van der Waals surface area contributed by atoms with Gasteiger partial charge in [-0.2, -0.15) is 0 Å². The normalized spacial score (nSPS) is 11.0. The lowest BCUT2D eigenvalue weighted by molar-refractivity contribution is -0.149. The van der Waals surface area contributed by atoms with Crippen molar-refractivity contribution in [3.05, 3.63) is 142 Å². The largest absolute Gasteiger partial charge is 0.462 e. The van der Waals surface area contributed by atoms with Crippen molar-refractivity contribution in [2.75, 3.05) is 173 Å². The fourth-order valence-electron chi connectivity index (χ4n) is 10.5. The van der Waals surface area contributed by atoms with Crippen molar-refractivity contribution >= 4 is 94.6 Å². The number of hydrogen-bond donors (Lipinski definition) is 8. The molecule has 128 heavy (non-hydrogen) atoms. The molecule has 38 heteroatoms. The van der Waals surface area contributed by atoms with Crippen LogP contribution in [0, 0.1) is 21.7 Å². The van der Waals surface area contributed by atoms with Gasteiger partial charge in [-0.1, -0.05) is 132 Å². The minimum absolute atomic E-state index is 0.0182. The molecule has 4 aromatic carbocycles. The van der Waals surface area contributed by atoms with E-state index in [4.69, 9.17) is 63.1 Å². The molecule has 8 N–H and O–H groups in total. The van der Waals surface area contributed by atoms with Crippen LogP contribution in [-0.2, 0) is 131 Å². The molecule has 0 heterocycles. The predicted octanol–water partition coefficient (Wildman–Crippen LogP) is 3.68. The third-order valence-electron chi connectivity index (χ3n) is 17.5. The summed E-state index contributed by atoms with van der Waals surface area (Å²) in [5, 5.41) is 46.5. The highest BCUT2D eigenvalue weighted by Crippen LogP contribution is 2.20. The molecule has 8 amide bonds. The average Bonchev–Trinajstić information content (AvgIpc) is 0.862. The molecule has 4 aromatic rings. The van der Waals surface area contributed by atoms with Gasteiger partial charge >= 0.3 is 35.8 Å². The monoisotopic (exact) mass is 1800 g/mol. The second-order valence-electron chi connectivity index (χ2n) is 32.7. The number of rotatable bonds is 50. The summed E-state index contributed by atoms with van der Waals surface area (Å²) >= 11 is 0. The number of carbonyl (C=O) groups excluding carboxylic acids is 16. The van der Waals surface area contributed by atoms with E-state index in [0.29, 0.717) is 35.1 Å². The Hall–Kier alpha value is -11.5. The number of hydrogen-bond acceptors (Lipinski definition) is 30. The van der Waals surface area contributed by atoms with Crippen LogP contribution in [0.2, 0.25) is 0 Å². The van der Waals surface area contributed by atoms with Gasteiger partial charge in [0.05, 0.1) is 39.3 Å². The summed E-state index contributed by atoms with van der Waals surface area (Å²) in [6.45, 7) is 20.1. The number of esters is 6. The first kappa shape index (κ1) is 114. The molecular weight excluding hydrogens is 1670 g/mol. The summed E-state index contributed by atoms with van der Waals surface area (Å²) in [6.07, 6.45) is 1.16. The molecule has 4 rings (SSSR count). The van der Waals surface area contributed by atoms with Crippen LogP contribution in [0.15, 0.2) is 97.1 Å². The van der Waals surface area contributed by atoms with Gasteiger partial charge in [0.2, 0.25) is 23.6 Å². The molecule has 0 bridgehead atoms. The molecule has 712 valence electrons. The Balaban J connectivity index is 0.000000854. The highest BCUT2D eigenvalue weighted by Gasteiger charge is 2.28. The molecular formula is C90H132N8O30. The number of methoxy groups -OCH3 is 4. The van der Waals surface area contributed by atoms with Crippen LogP contribution in [0.25, 0.3) is 0 Å². The number of nitrogens with zero attached hydrogens (tertiary/aromatic N) is 4. The number of carbonyl (C=O) groups is 16. The van der Waals surface area contributed by atoms with Gasteiger partial charge in [0, 0.05) is 124 Å². The quantitative estimate of drug-likeness (QED) is 0.0231. The predicted molar refractivity (Wildman–Crippen MR) is 465 cm³/mol. The van der Waals surface area contributed by atoms with Crippen LogP contribution < -0.4 is 21.3 Å². The van der Waals surface area contributed by atoms with Gasteiger partial charge in [0.25, 0.3) is 23.6 Å². The lowest BCUT2D eigenvalue weighted by Gasteiger charge is -2.23. The lowest BCUT2D eigenvalue weighted by Crippen LogP contribution is -2.38. The third kappa shape index (κ3) is 49.6. The van der Waals surface area contributed by atoms with E-state index < -0.39 is 83.9 Å². The van der Waals surface area contributed by atoms with E-state index in [1.54, 1.807) is 84.9 Å². The fraction of sp³-hybridized carbons (Fsp3) is 0.556. The summed E-state index contributed by atoms with van der Waals surface area (Å²) in [7, 11) is 5.56. The Labute approximate surface area is 748 Å². The molecule has 0 atom stereocenters. The van der Waals surface area contributed by atoms with Crippen molar-refractivity contribution in [1.29, 1.82) is 0 Å². The first-order chi connectivity index (χ1) is 60.3. The first-order valence-corrected chi connectivity index (χ1v) is 41.3. The van der Waals surface area contributed by atoms with Crippen molar-refractivity contribution in [1.82, 2.24) is 40.9 Å². The zero-order chi connectivity index (χ0) is 96.6. The van der Waals surface area contributed by atoms with Gasteiger partial charge in [-0.05, 0) is 83.6 Å². The van der Waals surface area contributed by atoms with E-state index in [1.165, 1.54) is 48.0 Å². The van der Waals surface area contributed by atoms with Crippen LogP contribution in [0.4, 0.5) is 0 Å². The van der Waals surface area contributed by atoms with Crippen molar-refractivity contribution in [2.24, 2.45) is 21.7 Å². The number of benzene rings is 4. The maximum atomic E-state index is 13.1. The Morgan fingerprint density at radius 2 is 0.492 bits per heavy atom. The van der Waals surface area contributed by atoms with E-state index in [2.05, 4.69) is 26.0 Å². The third-order valence-corrected chi connectivity index (χ3v) is 17.5. The highest BCUT2D eigenvalue weighted by atomic mass is 16.6. The van der Waals surface area contributed by atoms with Crippen LogP contribution >= 0.6 is 0 Å². The topological polar surface area (TPSA) is 507 Å². The molecule has 0 radical (unpaired) electrons. The number of Topliss-reactive ketones (excluding diaryl/α,β-unsaturated/α-hetero) is 2. The van der Waals surface area contributed by atoms with Gasteiger partial charge < -0.3 is 109 Å². The van der Waals surface area contributed by atoms with Gasteiger partial charge in [-0.25, -0.2) is 28.8 Å². The fourth-order valence-corrected chi connectivity index (χ4v) is 10.5. The maximum Gasteiger partial charge on any atom is 0.332 e. The molecule has 0 aromatic heterocycles. The molecule has 0 saturated heterocycles. The number of ketones is 2. The van der Waals surface area contributed by atoms with E-state index in [9.17, 15) is 76.7 Å². The number of aliphatic hydroxyl groups excluding tert-OH is 4. The van der Waals surface area contributed by atoms with Crippen molar-refractivity contribution in [3.63, 3.8) is 0 Å². The first-order valence-electron chi connectivity index (χ1n) is 41.3. The summed E-state index contributed by atoms with van der Waals surface area (Å²) in [5.41, 5.74) is 2.51. The molecule has 0 aliphatic heterocycles. The number of nitrogens with one attached hydrogen (secondary N) is 4. The molecule has 38 nitrogen and oxygen atoms in total. The Kier molecular flexibility index (Phi) is 55.3. The molecule has 0 aliphatic carbocycles. The summed E-state index contributed by atoms with van der Waals surface area (Å²) < 4.78 is 48.6. The second-order valence-corrected chi connectivity index (χ2v) is 32.7. The van der Waals surface area contributed by atoms with Crippen LogP contribution in [0.3, 0.4) is 0 Å². The maximum absolute atomic E-state index is 13.1. The van der Waals surface area contributed by atoms with E-state index in [0.717, 1.165) is 22.3 Å². The zero-order valence-corrected chi connectivity index (χ0v) is 76.6. The summed E-state index contributed by atoms with van der Waals surface area (Å²) in [6, 6.07) is 27.4. The SMILES string of the molecule is CC(C)(C)C(=O)NCc1cccc(C(=O)N(CCCC(=O)CO)CCOC(=O)CO)c1.COCC(=O)CCCN(CCOC(=O)CO)C(=O)c1cccc(CNC(=O)C(C)(C)C)c1.COCC(=O)OCCN(CCOC(=O)CO)C(=O)c1cccc(CNC(=O)C(C)(C)C)c1.COCC(=O)OCCN(CCOC(=O)COC)C(=O)c1cccc(CNC(=O)C(C)(C)C)c1. The standard InChI is InChI=1S/C23H34N2O8.C23H34N2O7.C22H32N2O8.C22H32N2O7/c1-23(2,3)22(29)24-14-17-7-6-8-18(13-17)21(28)25(9-11-32-19(26)15-30-4)10-12-33-20(27)16-31-5;1-23(2,3)22(30)24-14-17-7-5-8-18(13-17)21(29)25(11-12-32-20(28)15-26)10-6-9-19(27)16-31-4;1-22(2,3)21(29)23-13-16-6-5-7-17(12-16)20(28)24(8-10-31-18(26)14-25)9-11-32-19(27)15-30-4;1-22(2,3)21(30)23-13-16-6-4-7-17(12-16)20(29)24(9-5-8-18(27)14-25)10-11-31-19(28)15-26/h6-8,13H,9-12,14-16H2,1-5H3,(H,24,29);5,7-8,13,26H,6,9-12,14-16H2,1-4H3,(H,24,30);5-7,12,25H,8-11,13-15H2,1-4H3,(H,23,29);4,6-7,12,25-26H,5,8-11,13-15H2,1-3H3,(H,23,30). The Morgan fingerprint density at radius 3 is 0.695 bits per heavy atom. The number of ether oxygens (including phenoxy) is 10. The Bertz CT molecular complexity index is 4020. The van der Waals surface area contributed by atoms with Gasteiger partial charge in [0.15, 0.2) is 11.6 Å². The molecule has 0 spiro atoms. The van der Waals surface area contributed by atoms with E-state index >= 15 is 0 Å². The van der Waals surface area contributed by atoms with Crippen molar-refractivity contribution < 1.29 is 145 Å². The minimum Gasteiger partial charge on any atom is -0.462 e. The Morgan fingerprint density at radius 1 is 0.281 bits per heavy atom. The van der Waals surface area contributed by atoms with Crippen molar-refractivity contribution in [3.8, 4) is 0 Å². The second kappa shape index (κ2) is 61.8. The highest BCUT2D eigenvalue weighted by molar-refractivity contribution is 5.97. The molecule has 0 saturated carbocycles. The number of amides is 8. The van der Waals surface area contributed by atoms with E-state index in [1.807, 2.05) is 95.2 Å². The average molecular weight is 1810 g/mol. The van der Waals surface area contributed by atoms with Crippen LogP contribution in [0.5, 0.6) is 0 Å². The zero-order valence-electron chi connectivity index (χ0n) is 76.6. The van der Waals surface area contributed by atoms with Gasteiger partial charge in [-0.15, -0.1) is 0 Å². The molecule has 0 fully saturated rings. The van der Waals surface area contributed by atoms with E-state index in [-0.39, 0.29) is 216 Å². The van der Waals surface area contributed by atoms with Crippen molar-refractivity contribution in [2.45, 2.75) is 135 Å². The van der Waals surface area contributed by atoms with Gasteiger partial charge in [-0.3, -0.25) is 47.9 Å². The van der Waals surface area contributed by atoms with Crippen LogP contribution in [0.1, 0.15) is 172 Å². The molecule has 0 aliphatic rings. The van der Waals surface area contributed by atoms with Gasteiger partial charge in [0.1, 0.15) is 92.5 Å². The summed E-state index contributed by atoms with van der Waals surface area (Å²) in [5.74, 6) is -6.13. The lowest BCUT2D eigenvalue weighted by atomic mass is 9.95.